The molecule has 0 spiro atoms. The third-order valence-corrected chi connectivity index (χ3v) is 6.08. The number of carboxylic acid groups (broad SMARTS) is 1. The number of carboxylic acids is 1. The first-order valence-corrected chi connectivity index (χ1v) is 10.6. The minimum Gasteiger partial charge on any atom is -0.475 e. The monoisotopic (exact) mass is 462 g/mol. The third kappa shape index (κ3) is 6.23. The van der Waals surface area contributed by atoms with Crippen molar-refractivity contribution >= 4 is 11.9 Å². The molecule has 3 aliphatic heterocycles. The summed E-state index contributed by atoms with van der Waals surface area (Å²) < 4.78 is 49.1. The lowest BCUT2D eigenvalue weighted by Crippen LogP contribution is -2.38. The van der Waals surface area contributed by atoms with E-state index < -0.39 is 12.1 Å². The zero-order chi connectivity index (χ0) is 23.4. The second kappa shape index (κ2) is 10.2. The molecule has 0 saturated carbocycles. The van der Waals surface area contributed by atoms with Gasteiger partial charge in [-0.05, 0) is 31.9 Å². The van der Waals surface area contributed by atoms with Crippen LogP contribution in [-0.4, -0.2) is 85.6 Å². The first-order chi connectivity index (χ1) is 15.1. The van der Waals surface area contributed by atoms with Gasteiger partial charge < -0.3 is 23.9 Å². The Hall–Kier alpha value is -2.11. The SMILES string of the molecule is Cc1ccc(CN2C[C@@H]3COC[C@]3(COCC(=O)N3CCCC3)C2)o1.O=C(O)C(F)(F)F. The highest BCUT2D eigenvalue weighted by molar-refractivity contribution is 5.77. The molecule has 180 valence electrons. The Morgan fingerprint density at radius 3 is 2.56 bits per heavy atom. The van der Waals surface area contributed by atoms with E-state index in [9.17, 15) is 18.0 Å². The topological polar surface area (TPSA) is 92.5 Å². The molecule has 3 saturated heterocycles. The Morgan fingerprint density at radius 1 is 1.28 bits per heavy atom. The fourth-order valence-electron chi connectivity index (χ4n) is 4.46. The van der Waals surface area contributed by atoms with Crippen molar-refractivity contribution in [2.45, 2.75) is 32.5 Å². The van der Waals surface area contributed by atoms with Gasteiger partial charge in [-0.15, -0.1) is 0 Å². The number of carbonyl (C=O) groups excluding carboxylic acids is 1. The molecule has 1 amide bonds. The number of hydrogen-bond donors (Lipinski definition) is 1. The number of halogens is 3. The molecule has 3 fully saturated rings. The number of rotatable bonds is 6. The van der Waals surface area contributed by atoms with E-state index in [0.29, 0.717) is 12.5 Å². The Labute approximate surface area is 184 Å². The number of aliphatic carboxylic acids is 1. The molecule has 0 radical (unpaired) electrons. The third-order valence-electron chi connectivity index (χ3n) is 6.08. The van der Waals surface area contributed by atoms with Crippen molar-refractivity contribution in [1.82, 2.24) is 9.80 Å². The summed E-state index contributed by atoms with van der Waals surface area (Å²) in [4.78, 5) is 25.4. The van der Waals surface area contributed by atoms with E-state index >= 15 is 0 Å². The summed E-state index contributed by atoms with van der Waals surface area (Å²) >= 11 is 0. The van der Waals surface area contributed by atoms with Crippen LogP contribution in [0.3, 0.4) is 0 Å². The van der Waals surface area contributed by atoms with E-state index in [1.165, 1.54) is 0 Å². The number of likely N-dealkylation sites (tertiary alicyclic amines) is 2. The molecular formula is C21H29F3N2O6. The summed E-state index contributed by atoms with van der Waals surface area (Å²) in [6.45, 7) is 8.84. The van der Waals surface area contributed by atoms with Gasteiger partial charge in [0.2, 0.25) is 5.91 Å². The molecule has 1 N–H and O–H groups in total. The Kier molecular flexibility index (Phi) is 7.84. The van der Waals surface area contributed by atoms with Crippen LogP contribution in [0, 0.1) is 18.3 Å². The van der Waals surface area contributed by atoms with E-state index in [2.05, 4.69) is 11.0 Å². The molecule has 0 bridgehead atoms. The van der Waals surface area contributed by atoms with Crippen LogP contribution in [-0.2, 0) is 25.6 Å². The molecule has 0 unspecified atom stereocenters. The average molecular weight is 462 g/mol. The molecule has 32 heavy (non-hydrogen) atoms. The lowest BCUT2D eigenvalue weighted by atomic mass is 9.82. The lowest BCUT2D eigenvalue weighted by molar-refractivity contribution is -0.192. The fraction of sp³-hybridized carbons (Fsp3) is 0.714. The summed E-state index contributed by atoms with van der Waals surface area (Å²) in [6, 6.07) is 4.07. The first kappa shape index (κ1) is 24.5. The van der Waals surface area contributed by atoms with Gasteiger partial charge in [0.1, 0.15) is 18.1 Å². The number of alkyl halides is 3. The van der Waals surface area contributed by atoms with Gasteiger partial charge in [0.05, 0.1) is 26.4 Å². The van der Waals surface area contributed by atoms with Gasteiger partial charge in [0.25, 0.3) is 0 Å². The molecule has 2 atom stereocenters. The number of hydrogen-bond acceptors (Lipinski definition) is 6. The highest BCUT2D eigenvalue weighted by Crippen LogP contribution is 2.42. The van der Waals surface area contributed by atoms with Gasteiger partial charge in [-0.1, -0.05) is 0 Å². The fourth-order valence-corrected chi connectivity index (χ4v) is 4.46. The normalized spacial score (nSPS) is 25.5. The van der Waals surface area contributed by atoms with Crippen molar-refractivity contribution in [3.05, 3.63) is 23.7 Å². The van der Waals surface area contributed by atoms with Crippen molar-refractivity contribution in [1.29, 1.82) is 0 Å². The highest BCUT2D eigenvalue weighted by atomic mass is 19.4. The van der Waals surface area contributed by atoms with Crippen LogP contribution in [0.15, 0.2) is 16.5 Å². The summed E-state index contributed by atoms with van der Waals surface area (Å²) in [5.41, 5.74) is 0.0208. The second-order valence-electron chi connectivity index (χ2n) is 8.64. The average Bonchev–Trinajstić information content (AvgIpc) is 3.47. The summed E-state index contributed by atoms with van der Waals surface area (Å²) in [5.74, 6) is -0.182. The molecular weight excluding hydrogens is 433 g/mol. The van der Waals surface area contributed by atoms with Crippen molar-refractivity contribution in [2.24, 2.45) is 11.3 Å². The molecule has 0 aliphatic carbocycles. The standard InChI is InChI=1S/C19H28N2O4.C2HF3O2/c1-15-4-5-17(25-15)9-20-8-16-10-23-13-19(16,12-20)14-24-11-18(22)21-6-2-3-7-21;3-2(4,5)1(6)7/h4-5,16H,2-3,6-14H2,1H3;(H,6,7)/t16-,19+;/m1./s1. The molecule has 4 heterocycles. The van der Waals surface area contributed by atoms with Crippen LogP contribution in [0.4, 0.5) is 13.2 Å². The quantitative estimate of drug-likeness (QED) is 0.694. The molecule has 0 aromatic carbocycles. The summed E-state index contributed by atoms with van der Waals surface area (Å²) in [7, 11) is 0. The Balaban J connectivity index is 0.000000360. The Morgan fingerprint density at radius 2 is 1.97 bits per heavy atom. The number of furan rings is 1. The van der Waals surface area contributed by atoms with Crippen molar-refractivity contribution in [2.75, 3.05) is 52.6 Å². The van der Waals surface area contributed by atoms with Crippen LogP contribution in [0.2, 0.25) is 0 Å². The van der Waals surface area contributed by atoms with Gasteiger partial charge in [-0.2, -0.15) is 13.2 Å². The second-order valence-corrected chi connectivity index (χ2v) is 8.64. The minimum absolute atomic E-state index is 0.0208. The van der Waals surface area contributed by atoms with Crippen molar-refractivity contribution in [3.63, 3.8) is 0 Å². The van der Waals surface area contributed by atoms with Gasteiger partial charge >= 0.3 is 12.1 Å². The number of nitrogens with zero attached hydrogens (tertiary/aromatic N) is 2. The molecule has 11 heteroatoms. The zero-order valence-corrected chi connectivity index (χ0v) is 18.0. The zero-order valence-electron chi connectivity index (χ0n) is 18.0. The van der Waals surface area contributed by atoms with Crippen molar-refractivity contribution < 1.29 is 41.8 Å². The minimum atomic E-state index is -5.08. The van der Waals surface area contributed by atoms with Crippen LogP contribution in [0.1, 0.15) is 24.4 Å². The predicted octanol–water partition coefficient (Wildman–Crippen LogP) is 2.31. The maximum Gasteiger partial charge on any atom is 0.490 e. The van der Waals surface area contributed by atoms with E-state index in [4.69, 9.17) is 23.8 Å². The van der Waals surface area contributed by atoms with Crippen LogP contribution in [0.25, 0.3) is 0 Å². The number of aryl methyl sites for hydroxylation is 1. The van der Waals surface area contributed by atoms with Gasteiger partial charge in [0, 0.05) is 37.5 Å². The van der Waals surface area contributed by atoms with Gasteiger partial charge in [-0.3, -0.25) is 9.69 Å². The van der Waals surface area contributed by atoms with Crippen molar-refractivity contribution in [3.8, 4) is 0 Å². The van der Waals surface area contributed by atoms with Gasteiger partial charge in [0.15, 0.2) is 0 Å². The van der Waals surface area contributed by atoms with E-state index in [1.54, 1.807) is 0 Å². The maximum absolute atomic E-state index is 12.2. The Bertz CT molecular complexity index is 793. The first-order valence-electron chi connectivity index (χ1n) is 10.6. The molecule has 1 aromatic rings. The largest absolute Gasteiger partial charge is 0.490 e. The van der Waals surface area contributed by atoms with Crippen LogP contribution < -0.4 is 0 Å². The predicted molar refractivity (Wildman–Crippen MR) is 106 cm³/mol. The summed E-state index contributed by atoms with van der Waals surface area (Å²) in [5, 5.41) is 7.12. The number of carbonyl (C=O) groups is 2. The van der Waals surface area contributed by atoms with E-state index in [0.717, 1.165) is 70.3 Å². The summed E-state index contributed by atoms with van der Waals surface area (Å²) in [6.07, 6.45) is -2.85. The van der Waals surface area contributed by atoms with E-state index in [-0.39, 0.29) is 17.9 Å². The molecule has 1 aromatic heterocycles. The number of amides is 1. The number of fused-ring (bicyclic) bond motifs is 1. The molecule has 4 rings (SSSR count). The van der Waals surface area contributed by atoms with Crippen LogP contribution >= 0.6 is 0 Å². The van der Waals surface area contributed by atoms with Gasteiger partial charge in [-0.25, -0.2) is 4.79 Å². The highest BCUT2D eigenvalue weighted by Gasteiger charge is 2.51. The maximum atomic E-state index is 12.2. The van der Waals surface area contributed by atoms with Crippen LogP contribution in [0.5, 0.6) is 0 Å². The lowest BCUT2D eigenvalue weighted by Gasteiger charge is -2.27. The number of ether oxygens (including phenoxy) is 2. The smallest absolute Gasteiger partial charge is 0.475 e. The van der Waals surface area contributed by atoms with E-state index in [1.807, 2.05) is 17.9 Å². The molecule has 8 nitrogen and oxygen atoms in total. The molecule has 3 aliphatic rings.